The van der Waals surface area contributed by atoms with Crippen molar-refractivity contribution in [1.82, 2.24) is 0 Å². The highest BCUT2D eigenvalue weighted by Crippen LogP contribution is 2.23. The number of thiophene rings is 1. The van der Waals surface area contributed by atoms with Crippen molar-refractivity contribution in [3.05, 3.63) is 57.9 Å². The Hall–Kier alpha value is -1.46. The molecule has 0 aliphatic heterocycles. The zero-order chi connectivity index (χ0) is 12.3. The number of sulfone groups is 1. The van der Waals surface area contributed by atoms with Gasteiger partial charge in [0.05, 0.1) is 4.90 Å². The molecular formula is C12H9FO2S2. The standard InChI is InChI=1S/C12H9FO2S2/c13-12(9-10-5-4-8-16-10)17(14,15)11-6-2-1-3-7-11/h1-9H/b12-9-. The molecular weight excluding hydrogens is 259 g/mol. The maximum atomic E-state index is 13.7. The molecule has 5 heteroatoms. The second-order valence-electron chi connectivity index (χ2n) is 3.28. The van der Waals surface area contributed by atoms with Gasteiger partial charge in [-0.3, -0.25) is 0 Å². The molecule has 0 unspecified atom stereocenters. The van der Waals surface area contributed by atoms with Crippen molar-refractivity contribution in [1.29, 1.82) is 0 Å². The van der Waals surface area contributed by atoms with Crippen molar-refractivity contribution in [2.45, 2.75) is 4.90 Å². The van der Waals surface area contributed by atoms with Crippen molar-refractivity contribution in [3.63, 3.8) is 0 Å². The zero-order valence-corrected chi connectivity index (χ0v) is 10.3. The molecule has 2 aromatic rings. The summed E-state index contributed by atoms with van der Waals surface area (Å²) in [5.41, 5.74) is 0. The van der Waals surface area contributed by atoms with Crippen LogP contribution in [0.4, 0.5) is 4.39 Å². The van der Waals surface area contributed by atoms with Crippen molar-refractivity contribution in [2.75, 3.05) is 0 Å². The summed E-state index contributed by atoms with van der Waals surface area (Å²) < 4.78 is 37.3. The first kappa shape index (κ1) is 12.0. The molecule has 1 aromatic heterocycles. The summed E-state index contributed by atoms with van der Waals surface area (Å²) in [5, 5.41) is 0.625. The van der Waals surface area contributed by atoms with E-state index in [0.717, 1.165) is 6.08 Å². The summed E-state index contributed by atoms with van der Waals surface area (Å²) in [6.45, 7) is 0. The number of hydrogen-bond acceptors (Lipinski definition) is 3. The summed E-state index contributed by atoms with van der Waals surface area (Å²) in [5.74, 6) is 0. The molecule has 0 radical (unpaired) electrons. The second-order valence-corrected chi connectivity index (χ2v) is 6.13. The van der Waals surface area contributed by atoms with Crippen LogP contribution in [-0.2, 0) is 9.84 Å². The fourth-order valence-electron chi connectivity index (χ4n) is 1.28. The van der Waals surface area contributed by atoms with Gasteiger partial charge in [-0.05, 0) is 23.6 Å². The molecule has 1 heterocycles. The van der Waals surface area contributed by atoms with Gasteiger partial charge in [-0.25, -0.2) is 8.42 Å². The lowest BCUT2D eigenvalue weighted by molar-refractivity contribution is 0.579. The fraction of sp³-hybridized carbons (Fsp3) is 0. The highest BCUT2D eigenvalue weighted by molar-refractivity contribution is 7.95. The van der Waals surface area contributed by atoms with Gasteiger partial charge in [0.25, 0.3) is 0 Å². The summed E-state index contributed by atoms with van der Waals surface area (Å²) >= 11 is 1.28. The first-order valence-electron chi connectivity index (χ1n) is 4.81. The van der Waals surface area contributed by atoms with Crippen LogP contribution in [0.25, 0.3) is 6.08 Å². The van der Waals surface area contributed by atoms with Crippen LogP contribution in [0.5, 0.6) is 0 Å². The van der Waals surface area contributed by atoms with Gasteiger partial charge >= 0.3 is 0 Å². The van der Waals surface area contributed by atoms with Gasteiger partial charge in [0.1, 0.15) is 0 Å². The molecule has 0 aliphatic carbocycles. The third-order valence-corrected chi connectivity index (χ3v) is 4.45. The van der Waals surface area contributed by atoms with Crippen LogP contribution >= 0.6 is 11.3 Å². The molecule has 88 valence electrons. The van der Waals surface area contributed by atoms with E-state index in [-0.39, 0.29) is 4.90 Å². The van der Waals surface area contributed by atoms with E-state index in [0.29, 0.717) is 4.88 Å². The van der Waals surface area contributed by atoms with Gasteiger partial charge in [-0.15, -0.1) is 11.3 Å². The molecule has 0 fully saturated rings. The Labute approximate surface area is 103 Å². The van der Waals surface area contributed by atoms with Gasteiger partial charge in [-0.2, -0.15) is 4.39 Å². The molecule has 0 saturated carbocycles. The minimum atomic E-state index is -4.01. The Morgan fingerprint density at radius 2 is 1.82 bits per heavy atom. The van der Waals surface area contributed by atoms with Crippen LogP contribution in [-0.4, -0.2) is 8.42 Å². The maximum absolute atomic E-state index is 13.7. The SMILES string of the molecule is O=S(=O)(/C(F)=C\c1cccs1)c1ccccc1. The van der Waals surface area contributed by atoms with E-state index in [1.807, 2.05) is 0 Å². The molecule has 0 N–H and O–H groups in total. The molecule has 2 nitrogen and oxygen atoms in total. The minimum Gasteiger partial charge on any atom is -0.216 e. The number of benzene rings is 1. The summed E-state index contributed by atoms with van der Waals surface area (Å²) in [7, 11) is -4.01. The summed E-state index contributed by atoms with van der Waals surface area (Å²) in [6.07, 6.45) is 1.03. The Balaban J connectivity index is 2.41. The average molecular weight is 268 g/mol. The Morgan fingerprint density at radius 1 is 1.12 bits per heavy atom. The van der Waals surface area contributed by atoms with Crippen LogP contribution in [0.1, 0.15) is 4.88 Å². The summed E-state index contributed by atoms with van der Waals surface area (Å²) in [4.78, 5) is 0.535. The van der Waals surface area contributed by atoms with E-state index in [1.54, 1.807) is 35.7 Å². The largest absolute Gasteiger partial charge is 0.233 e. The first-order chi connectivity index (χ1) is 8.10. The number of halogens is 1. The average Bonchev–Trinajstić information content (AvgIpc) is 2.83. The predicted molar refractivity (Wildman–Crippen MR) is 67.0 cm³/mol. The molecule has 0 spiro atoms. The quantitative estimate of drug-likeness (QED) is 0.854. The maximum Gasteiger partial charge on any atom is 0.233 e. The van der Waals surface area contributed by atoms with Gasteiger partial charge in [0, 0.05) is 11.0 Å². The Morgan fingerprint density at radius 3 is 2.41 bits per heavy atom. The number of rotatable bonds is 3. The van der Waals surface area contributed by atoms with Crippen molar-refractivity contribution in [2.24, 2.45) is 0 Å². The normalized spacial score (nSPS) is 12.6. The predicted octanol–water partition coefficient (Wildman–Crippen LogP) is 3.49. The molecule has 0 aliphatic rings. The van der Waals surface area contributed by atoms with Gasteiger partial charge in [0.2, 0.25) is 15.0 Å². The van der Waals surface area contributed by atoms with Crippen molar-refractivity contribution >= 4 is 27.3 Å². The Kier molecular flexibility index (Phi) is 3.40. The molecule has 0 saturated heterocycles. The smallest absolute Gasteiger partial charge is 0.216 e. The van der Waals surface area contributed by atoms with Crippen molar-refractivity contribution < 1.29 is 12.8 Å². The first-order valence-corrected chi connectivity index (χ1v) is 7.18. The molecule has 0 bridgehead atoms. The van der Waals surface area contributed by atoms with E-state index in [9.17, 15) is 12.8 Å². The van der Waals surface area contributed by atoms with E-state index in [2.05, 4.69) is 0 Å². The van der Waals surface area contributed by atoms with Crippen LogP contribution in [0.3, 0.4) is 0 Å². The highest BCUT2D eigenvalue weighted by atomic mass is 32.2. The number of hydrogen-bond donors (Lipinski definition) is 0. The van der Waals surface area contributed by atoms with Gasteiger partial charge < -0.3 is 0 Å². The third kappa shape index (κ3) is 2.62. The molecule has 2 rings (SSSR count). The zero-order valence-electron chi connectivity index (χ0n) is 8.71. The molecule has 0 amide bonds. The minimum absolute atomic E-state index is 0.0368. The lowest BCUT2D eigenvalue weighted by Gasteiger charge is -2.00. The lowest BCUT2D eigenvalue weighted by atomic mass is 10.4. The monoisotopic (exact) mass is 268 g/mol. The van der Waals surface area contributed by atoms with Gasteiger partial charge in [0.15, 0.2) is 0 Å². The van der Waals surface area contributed by atoms with Crippen LogP contribution in [0, 0.1) is 0 Å². The lowest BCUT2D eigenvalue weighted by Crippen LogP contribution is -2.00. The van der Waals surface area contributed by atoms with Crippen LogP contribution < -0.4 is 0 Å². The Bertz CT molecular complexity index is 614. The third-order valence-electron chi connectivity index (χ3n) is 2.11. The van der Waals surface area contributed by atoms with Gasteiger partial charge in [-0.1, -0.05) is 24.3 Å². The molecule has 0 atom stereocenters. The van der Waals surface area contributed by atoms with E-state index < -0.39 is 15.0 Å². The second kappa shape index (κ2) is 4.81. The summed E-state index contributed by atoms with van der Waals surface area (Å²) in [6, 6.07) is 10.9. The van der Waals surface area contributed by atoms with Crippen LogP contribution in [0.15, 0.2) is 57.9 Å². The topological polar surface area (TPSA) is 34.1 Å². The molecule has 1 aromatic carbocycles. The van der Waals surface area contributed by atoms with E-state index in [4.69, 9.17) is 0 Å². The van der Waals surface area contributed by atoms with E-state index in [1.165, 1.54) is 23.5 Å². The van der Waals surface area contributed by atoms with Crippen molar-refractivity contribution in [3.8, 4) is 0 Å². The molecule has 17 heavy (non-hydrogen) atoms. The van der Waals surface area contributed by atoms with Crippen LogP contribution in [0.2, 0.25) is 0 Å². The highest BCUT2D eigenvalue weighted by Gasteiger charge is 2.20. The van der Waals surface area contributed by atoms with E-state index >= 15 is 0 Å². The fourth-order valence-corrected chi connectivity index (χ4v) is 3.02.